The number of aliphatic hydroxyl groups excluding tert-OH is 1. The van der Waals surface area contributed by atoms with Crippen LogP contribution < -0.4 is 5.32 Å². The monoisotopic (exact) mass is 910 g/mol. The van der Waals surface area contributed by atoms with E-state index in [-0.39, 0.29) is 19.1 Å². The summed E-state index contributed by atoms with van der Waals surface area (Å²) in [6.07, 6.45) is 57.8. The smallest absolute Gasteiger partial charge is 0.391 e. The standard InChI is InChI=1S/C54H105N2O6P/c1-6-8-10-12-14-16-18-20-21-22-23-24-25-26-27-28-29-30-31-32-33-34-36-37-39-41-43-45-47-53(57)52(51-62-63(59,60)61-50-49-56(3,4)5)55-54(58)48-46-44-42-40-38-35-19-17-15-13-11-9-7-2/h9,11,15,17,35,38,52-53,57H,6-8,10,12-14,16,18-34,36-37,39-51H2,1-5H3,(H-,55,58,59,60)/p+1/b11-9-,17-15-,38-35-. The summed E-state index contributed by atoms with van der Waals surface area (Å²) >= 11 is 0. The molecule has 372 valence electrons. The SMILES string of the molecule is CC/C=C\C/C=C\C/C=C\CCCCCC(=O)NC(COP(=O)(O)OCC[N+](C)(C)C)C(O)CCCCCCCCCCCCCCCCCCCCCCCCCCCCCC. The molecule has 0 heterocycles. The number of nitrogens with zero attached hydrogens (tertiary/aromatic N) is 1. The molecule has 0 aromatic carbocycles. The number of allylic oxidation sites excluding steroid dienone is 6. The van der Waals surface area contributed by atoms with Gasteiger partial charge in [-0.25, -0.2) is 4.57 Å². The molecule has 0 bridgehead atoms. The van der Waals surface area contributed by atoms with Gasteiger partial charge in [0.25, 0.3) is 0 Å². The van der Waals surface area contributed by atoms with E-state index in [1.807, 2.05) is 21.1 Å². The van der Waals surface area contributed by atoms with Crippen LogP contribution in [0.4, 0.5) is 0 Å². The predicted octanol–water partition coefficient (Wildman–Crippen LogP) is 15.8. The van der Waals surface area contributed by atoms with Crippen molar-refractivity contribution >= 4 is 13.7 Å². The lowest BCUT2D eigenvalue weighted by Gasteiger charge is -2.26. The van der Waals surface area contributed by atoms with Crippen LogP contribution in [-0.2, 0) is 18.4 Å². The molecule has 0 aliphatic carbocycles. The van der Waals surface area contributed by atoms with Gasteiger partial charge >= 0.3 is 7.82 Å². The van der Waals surface area contributed by atoms with Gasteiger partial charge in [-0.3, -0.25) is 13.8 Å². The highest BCUT2D eigenvalue weighted by atomic mass is 31.2. The minimum Gasteiger partial charge on any atom is -0.391 e. The van der Waals surface area contributed by atoms with Gasteiger partial charge in [-0.2, -0.15) is 0 Å². The van der Waals surface area contributed by atoms with Gasteiger partial charge in [0, 0.05) is 6.42 Å². The first-order valence-electron chi connectivity index (χ1n) is 26.9. The summed E-state index contributed by atoms with van der Waals surface area (Å²) in [5.74, 6) is -0.172. The van der Waals surface area contributed by atoms with Crippen LogP contribution in [0.2, 0.25) is 0 Å². The summed E-state index contributed by atoms with van der Waals surface area (Å²) in [6, 6.07) is -0.776. The maximum Gasteiger partial charge on any atom is 0.472 e. The van der Waals surface area contributed by atoms with Gasteiger partial charge in [-0.15, -0.1) is 0 Å². The lowest BCUT2D eigenvalue weighted by Crippen LogP contribution is -2.46. The van der Waals surface area contributed by atoms with Crippen LogP contribution in [0.1, 0.15) is 251 Å². The lowest BCUT2D eigenvalue weighted by molar-refractivity contribution is -0.870. The van der Waals surface area contributed by atoms with E-state index >= 15 is 0 Å². The van der Waals surface area contributed by atoms with E-state index < -0.39 is 20.0 Å². The van der Waals surface area contributed by atoms with Crippen molar-refractivity contribution in [2.75, 3.05) is 40.9 Å². The molecule has 3 N–H and O–H groups in total. The number of hydrogen-bond acceptors (Lipinski definition) is 5. The highest BCUT2D eigenvalue weighted by molar-refractivity contribution is 7.47. The number of carbonyl (C=O) groups excluding carboxylic acids is 1. The van der Waals surface area contributed by atoms with Crippen molar-refractivity contribution in [1.29, 1.82) is 0 Å². The fourth-order valence-electron chi connectivity index (χ4n) is 7.94. The average molecular weight is 910 g/mol. The summed E-state index contributed by atoms with van der Waals surface area (Å²) in [4.78, 5) is 23.2. The Bertz CT molecular complexity index is 1120. The molecule has 0 fully saturated rings. The van der Waals surface area contributed by atoms with Gasteiger partial charge in [-0.05, 0) is 44.9 Å². The van der Waals surface area contributed by atoms with Crippen LogP contribution in [-0.4, -0.2) is 73.4 Å². The molecule has 0 saturated heterocycles. The predicted molar refractivity (Wildman–Crippen MR) is 272 cm³/mol. The summed E-state index contributed by atoms with van der Waals surface area (Å²) in [7, 11) is 1.60. The first kappa shape index (κ1) is 61.7. The molecule has 0 spiro atoms. The van der Waals surface area contributed by atoms with Crippen molar-refractivity contribution in [2.45, 2.75) is 264 Å². The van der Waals surface area contributed by atoms with Crippen LogP contribution in [0.15, 0.2) is 36.5 Å². The molecule has 0 aliphatic heterocycles. The highest BCUT2D eigenvalue weighted by Crippen LogP contribution is 2.43. The number of carbonyl (C=O) groups is 1. The first-order chi connectivity index (χ1) is 30.5. The number of unbranched alkanes of at least 4 members (excludes halogenated alkanes) is 30. The topological polar surface area (TPSA) is 105 Å². The molecule has 0 aromatic heterocycles. The minimum absolute atomic E-state index is 0.0685. The Labute approximate surface area is 391 Å². The molecule has 3 unspecified atom stereocenters. The number of rotatable bonds is 49. The minimum atomic E-state index is -4.33. The Morgan fingerprint density at radius 3 is 1.38 bits per heavy atom. The van der Waals surface area contributed by atoms with E-state index in [1.54, 1.807) is 0 Å². The molecule has 0 radical (unpaired) electrons. The Kier molecular flexibility index (Phi) is 44.9. The Morgan fingerprint density at radius 1 is 0.556 bits per heavy atom. The third kappa shape index (κ3) is 48.5. The number of amides is 1. The molecule has 3 atom stereocenters. The number of likely N-dealkylation sites (N-methyl/N-ethyl adjacent to an activating group) is 1. The van der Waals surface area contributed by atoms with Gasteiger partial charge in [0.15, 0.2) is 0 Å². The molecule has 0 aromatic rings. The Hall–Kier alpha value is -1.28. The normalized spacial score (nSPS) is 14.3. The molecule has 63 heavy (non-hydrogen) atoms. The maximum atomic E-state index is 12.9. The number of aliphatic hydroxyl groups is 1. The second-order valence-electron chi connectivity index (χ2n) is 19.6. The van der Waals surface area contributed by atoms with Crippen molar-refractivity contribution in [1.82, 2.24) is 5.32 Å². The number of nitrogens with one attached hydrogen (secondary N) is 1. The van der Waals surface area contributed by atoms with Gasteiger partial charge in [0.2, 0.25) is 5.91 Å². The highest BCUT2D eigenvalue weighted by Gasteiger charge is 2.28. The molecule has 0 rings (SSSR count). The molecular weight excluding hydrogens is 804 g/mol. The van der Waals surface area contributed by atoms with Gasteiger partial charge in [0.1, 0.15) is 13.2 Å². The third-order valence-corrected chi connectivity index (χ3v) is 13.1. The van der Waals surface area contributed by atoms with Crippen LogP contribution in [0.3, 0.4) is 0 Å². The number of quaternary nitrogens is 1. The summed E-state index contributed by atoms with van der Waals surface area (Å²) < 4.78 is 23.7. The fraction of sp³-hybridized carbons (Fsp3) is 0.870. The van der Waals surface area contributed by atoms with Crippen LogP contribution >= 0.6 is 7.82 Å². The van der Waals surface area contributed by atoms with E-state index in [0.29, 0.717) is 23.9 Å². The third-order valence-electron chi connectivity index (χ3n) is 12.2. The first-order valence-corrected chi connectivity index (χ1v) is 28.3. The molecular formula is C54H106N2O6P+. The molecule has 0 aliphatic rings. The van der Waals surface area contributed by atoms with Crippen molar-refractivity contribution in [2.24, 2.45) is 0 Å². The quantitative estimate of drug-likeness (QED) is 0.0243. The van der Waals surface area contributed by atoms with Gasteiger partial charge < -0.3 is 19.8 Å². The number of hydrogen-bond donors (Lipinski definition) is 3. The van der Waals surface area contributed by atoms with E-state index in [9.17, 15) is 19.4 Å². The van der Waals surface area contributed by atoms with Crippen LogP contribution in [0.5, 0.6) is 0 Å². The fourth-order valence-corrected chi connectivity index (χ4v) is 8.68. The second-order valence-corrected chi connectivity index (χ2v) is 21.0. The summed E-state index contributed by atoms with van der Waals surface area (Å²) in [5.41, 5.74) is 0. The van der Waals surface area contributed by atoms with E-state index in [0.717, 1.165) is 64.2 Å². The molecule has 9 heteroatoms. The van der Waals surface area contributed by atoms with Gasteiger partial charge in [0.05, 0.1) is 39.9 Å². The largest absolute Gasteiger partial charge is 0.472 e. The summed E-state index contributed by atoms with van der Waals surface area (Å²) in [6.45, 7) is 4.77. The lowest BCUT2D eigenvalue weighted by atomic mass is 10.0. The zero-order valence-electron chi connectivity index (χ0n) is 42.3. The number of phosphoric ester groups is 1. The Morgan fingerprint density at radius 2 is 0.952 bits per heavy atom. The van der Waals surface area contributed by atoms with Crippen molar-refractivity contribution in [3.8, 4) is 0 Å². The molecule has 1 amide bonds. The Balaban J connectivity index is 4.10. The summed E-state index contributed by atoms with van der Waals surface area (Å²) in [5, 5.41) is 14.0. The average Bonchev–Trinajstić information content (AvgIpc) is 3.24. The zero-order valence-corrected chi connectivity index (χ0v) is 43.2. The van der Waals surface area contributed by atoms with Crippen LogP contribution in [0.25, 0.3) is 0 Å². The van der Waals surface area contributed by atoms with E-state index in [1.165, 1.54) is 161 Å². The maximum absolute atomic E-state index is 12.9. The number of phosphoric acid groups is 1. The van der Waals surface area contributed by atoms with Crippen molar-refractivity contribution in [3.05, 3.63) is 36.5 Å². The van der Waals surface area contributed by atoms with Gasteiger partial charge in [-0.1, -0.05) is 237 Å². The zero-order chi connectivity index (χ0) is 46.4. The molecule has 0 saturated carbocycles. The molecule has 8 nitrogen and oxygen atoms in total. The van der Waals surface area contributed by atoms with Crippen molar-refractivity contribution in [3.63, 3.8) is 0 Å². The van der Waals surface area contributed by atoms with E-state index in [2.05, 4.69) is 55.6 Å². The van der Waals surface area contributed by atoms with Crippen LogP contribution in [0, 0.1) is 0 Å². The van der Waals surface area contributed by atoms with Crippen molar-refractivity contribution < 1.29 is 32.9 Å². The van der Waals surface area contributed by atoms with E-state index in [4.69, 9.17) is 9.05 Å². The second kappa shape index (κ2) is 45.9.